The molecule has 0 aliphatic heterocycles. The standard InChI is InChI=1S/C15H16ClNO/c1-11(9-10-16)17-15(18)14-8-4-6-12-5-2-3-7-13(12)14/h2-8,11H,9-10H2,1H3,(H,17,18). The van der Waals surface area contributed by atoms with Gasteiger partial charge in [0.1, 0.15) is 0 Å². The zero-order valence-corrected chi connectivity index (χ0v) is 11.1. The first-order valence-electron chi connectivity index (χ1n) is 6.07. The van der Waals surface area contributed by atoms with Crippen molar-refractivity contribution in [2.24, 2.45) is 0 Å². The van der Waals surface area contributed by atoms with Crippen molar-refractivity contribution < 1.29 is 4.79 Å². The van der Waals surface area contributed by atoms with E-state index < -0.39 is 0 Å². The SMILES string of the molecule is CC(CCCl)NC(=O)c1cccc2ccccc12. The van der Waals surface area contributed by atoms with Crippen LogP contribution < -0.4 is 5.32 Å². The molecule has 1 atom stereocenters. The van der Waals surface area contributed by atoms with Crippen LogP contribution >= 0.6 is 11.6 Å². The molecule has 2 aromatic carbocycles. The highest BCUT2D eigenvalue weighted by atomic mass is 35.5. The molecule has 1 amide bonds. The highest BCUT2D eigenvalue weighted by Crippen LogP contribution is 2.18. The number of benzene rings is 2. The maximum atomic E-state index is 12.2. The van der Waals surface area contributed by atoms with Crippen LogP contribution in [0.15, 0.2) is 42.5 Å². The minimum Gasteiger partial charge on any atom is -0.350 e. The average Bonchev–Trinajstić information content (AvgIpc) is 2.38. The smallest absolute Gasteiger partial charge is 0.252 e. The molecule has 2 aromatic rings. The Labute approximate surface area is 112 Å². The topological polar surface area (TPSA) is 29.1 Å². The Hall–Kier alpha value is -1.54. The number of amides is 1. The van der Waals surface area contributed by atoms with Crippen LogP contribution in [0.1, 0.15) is 23.7 Å². The van der Waals surface area contributed by atoms with E-state index in [0.717, 1.165) is 22.8 Å². The highest BCUT2D eigenvalue weighted by molar-refractivity contribution is 6.17. The second kappa shape index (κ2) is 5.87. The Morgan fingerprint density at radius 2 is 1.94 bits per heavy atom. The summed E-state index contributed by atoms with van der Waals surface area (Å²) in [6, 6.07) is 13.8. The van der Waals surface area contributed by atoms with Crippen LogP contribution in [0.4, 0.5) is 0 Å². The van der Waals surface area contributed by atoms with Crippen LogP contribution in [0.25, 0.3) is 10.8 Å². The summed E-state index contributed by atoms with van der Waals surface area (Å²) in [5.41, 5.74) is 0.717. The Bertz CT molecular complexity index is 548. The largest absolute Gasteiger partial charge is 0.350 e. The van der Waals surface area contributed by atoms with Crippen molar-refractivity contribution in [3.63, 3.8) is 0 Å². The Morgan fingerprint density at radius 3 is 2.72 bits per heavy atom. The molecule has 0 heterocycles. The quantitative estimate of drug-likeness (QED) is 0.838. The first-order valence-corrected chi connectivity index (χ1v) is 6.60. The molecule has 1 unspecified atom stereocenters. The van der Waals surface area contributed by atoms with Crippen molar-refractivity contribution in [1.82, 2.24) is 5.32 Å². The lowest BCUT2D eigenvalue weighted by Gasteiger charge is -2.13. The monoisotopic (exact) mass is 261 g/mol. The second-order valence-electron chi connectivity index (χ2n) is 4.38. The molecular weight excluding hydrogens is 246 g/mol. The fraction of sp³-hybridized carbons (Fsp3) is 0.267. The number of alkyl halides is 1. The summed E-state index contributed by atoms with van der Waals surface area (Å²) in [6.45, 7) is 1.96. The van der Waals surface area contributed by atoms with Crippen molar-refractivity contribution in [2.75, 3.05) is 5.88 Å². The first-order chi connectivity index (χ1) is 8.72. The Balaban J connectivity index is 2.28. The van der Waals surface area contributed by atoms with Crippen molar-refractivity contribution in [2.45, 2.75) is 19.4 Å². The molecule has 0 bridgehead atoms. The molecular formula is C15H16ClNO. The summed E-state index contributed by atoms with van der Waals surface area (Å²) in [6.07, 6.45) is 0.776. The van der Waals surface area contributed by atoms with Crippen LogP contribution in [0.5, 0.6) is 0 Å². The number of halogens is 1. The van der Waals surface area contributed by atoms with Crippen molar-refractivity contribution in [3.8, 4) is 0 Å². The number of carbonyl (C=O) groups is 1. The van der Waals surface area contributed by atoms with E-state index in [1.807, 2.05) is 49.4 Å². The summed E-state index contributed by atoms with van der Waals surface area (Å²) < 4.78 is 0. The number of hydrogen-bond donors (Lipinski definition) is 1. The van der Waals surface area contributed by atoms with Gasteiger partial charge in [-0.25, -0.2) is 0 Å². The van der Waals surface area contributed by atoms with Crippen LogP contribution in [0.2, 0.25) is 0 Å². The molecule has 3 heteroatoms. The maximum Gasteiger partial charge on any atom is 0.252 e. The molecule has 0 saturated heterocycles. The minimum atomic E-state index is -0.0376. The highest BCUT2D eigenvalue weighted by Gasteiger charge is 2.11. The van der Waals surface area contributed by atoms with Gasteiger partial charge in [-0.1, -0.05) is 36.4 Å². The minimum absolute atomic E-state index is 0.0376. The number of rotatable bonds is 4. The maximum absolute atomic E-state index is 12.2. The van der Waals surface area contributed by atoms with Crippen LogP contribution in [-0.4, -0.2) is 17.8 Å². The summed E-state index contributed by atoms with van der Waals surface area (Å²) in [7, 11) is 0. The molecule has 2 nitrogen and oxygen atoms in total. The summed E-state index contributed by atoms with van der Waals surface area (Å²) in [5.74, 6) is 0.515. The summed E-state index contributed by atoms with van der Waals surface area (Å²) in [4.78, 5) is 12.2. The fourth-order valence-corrected chi connectivity index (χ4v) is 2.29. The van der Waals surface area contributed by atoms with Gasteiger partial charge in [-0.05, 0) is 30.2 Å². The molecule has 2 rings (SSSR count). The van der Waals surface area contributed by atoms with Crippen LogP contribution in [0, 0.1) is 0 Å². The van der Waals surface area contributed by atoms with Gasteiger partial charge >= 0.3 is 0 Å². The molecule has 0 aliphatic rings. The predicted octanol–water partition coefficient (Wildman–Crippen LogP) is 3.59. The first kappa shape index (κ1) is 12.9. The van der Waals surface area contributed by atoms with Gasteiger partial charge in [-0.2, -0.15) is 0 Å². The Kier molecular flexibility index (Phi) is 4.21. The predicted molar refractivity (Wildman–Crippen MR) is 76.2 cm³/mol. The van der Waals surface area contributed by atoms with Crippen molar-refractivity contribution in [3.05, 3.63) is 48.0 Å². The van der Waals surface area contributed by atoms with Gasteiger partial charge < -0.3 is 5.32 Å². The number of hydrogen-bond acceptors (Lipinski definition) is 1. The lowest BCUT2D eigenvalue weighted by Crippen LogP contribution is -2.32. The lowest BCUT2D eigenvalue weighted by molar-refractivity contribution is 0.0941. The molecule has 0 aromatic heterocycles. The molecule has 0 saturated carbocycles. The third kappa shape index (κ3) is 2.82. The van der Waals surface area contributed by atoms with Crippen LogP contribution in [0.3, 0.4) is 0 Å². The van der Waals surface area contributed by atoms with E-state index in [2.05, 4.69) is 5.32 Å². The van der Waals surface area contributed by atoms with Gasteiger partial charge in [0, 0.05) is 17.5 Å². The molecule has 18 heavy (non-hydrogen) atoms. The van der Waals surface area contributed by atoms with E-state index in [9.17, 15) is 4.79 Å². The van der Waals surface area contributed by atoms with E-state index in [1.165, 1.54) is 0 Å². The summed E-state index contributed by atoms with van der Waals surface area (Å²) in [5, 5.41) is 5.03. The van der Waals surface area contributed by atoms with Gasteiger partial charge in [-0.15, -0.1) is 11.6 Å². The Morgan fingerprint density at radius 1 is 1.22 bits per heavy atom. The zero-order chi connectivity index (χ0) is 13.0. The second-order valence-corrected chi connectivity index (χ2v) is 4.76. The molecule has 1 N–H and O–H groups in total. The molecule has 0 spiro atoms. The number of fused-ring (bicyclic) bond motifs is 1. The zero-order valence-electron chi connectivity index (χ0n) is 10.3. The lowest BCUT2D eigenvalue weighted by atomic mass is 10.0. The van der Waals surface area contributed by atoms with Gasteiger partial charge in [0.25, 0.3) is 5.91 Å². The van der Waals surface area contributed by atoms with Gasteiger partial charge in [0.05, 0.1) is 0 Å². The molecule has 0 radical (unpaired) electrons. The van der Waals surface area contributed by atoms with Gasteiger partial charge in [-0.3, -0.25) is 4.79 Å². The van der Waals surface area contributed by atoms with Crippen LogP contribution in [-0.2, 0) is 0 Å². The van der Waals surface area contributed by atoms with E-state index >= 15 is 0 Å². The average molecular weight is 262 g/mol. The van der Waals surface area contributed by atoms with E-state index in [4.69, 9.17) is 11.6 Å². The van der Waals surface area contributed by atoms with Gasteiger partial charge in [0.2, 0.25) is 0 Å². The van der Waals surface area contributed by atoms with Crippen molar-refractivity contribution in [1.29, 1.82) is 0 Å². The van der Waals surface area contributed by atoms with E-state index in [1.54, 1.807) is 0 Å². The number of nitrogens with one attached hydrogen (secondary N) is 1. The normalized spacial score (nSPS) is 12.3. The van der Waals surface area contributed by atoms with Crippen molar-refractivity contribution >= 4 is 28.3 Å². The molecule has 0 aliphatic carbocycles. The van der Waals surface area contributed by atoms with E-state index in [0.29, 0.717) is 5.88 Å². The third-order valence-corrected chi connectivity index (χ3v) is 3.17. The fourth-order valence-electron chi connectivity index (χ4n) is 1.96. The third-order valence-electron chi connectivity index (χ3n) is 2.95. The number of carbonyl (C=O) groups excluding carboxylic acids is 1. The molecule has 94 valence electrons. The van der Waals surface area contributed by atoms with E-state index in [-0.39, 0.29) is 11.9 Å². The molecule has 0 fully saturated rings. The summed E-state index contributed by atoms with van der Waals surface area (Å²) >= 11 is 5.67. The van der Waals surface area contributed by atoms with Gasteiger partial charge in [0.15, 0.2) is 0 Å².